The Morgan fingerprint density at radius 1 is 1.44 bits per heavy atom. The molecule has 98 valence electrons. The molecule has 1 heterocycles. The van der Waals surface area contributed by atoms with E-state index in [-0.39, 0.29) is 12.5 Å². The standard InChI is InChI=1S/C14H20N2O2/c1-11-8-15-13(7-14(17)18)10-16(11)9-12-5-3-2-4-6-12/h2-6,11,13,15H,7-10H2,1H3,(H,17,18). The molecule has 0 spiro atoms. The normalized spacial score (nSPS) is 24.9. The molecule has 0 aliphatic carbocycles. The van der Waals surface area contributed by atoms with Crippen LogP contribution in [0.15, 0.2) is 30.3 Å². The molecule has 2 N–H and O–H groups in total. The SMILES string of the molecule is CC1CNC(CC(=O)O)CN1Cc1ccccc1. The molecular formula is C14H20N2O2. The number of carbonyl (C=O) groups is 1. The average Bonchev–Trinajstić information content (AvgIpc) is 2.34. The van der Waals surface area contributed by atoms with Gasteiger partial charge in [-0.2, -0.15) is 0 Å². The van der Waals surface area contributed by atoms with Crippen LogP contribution in [0.5, 0.6) is 0 Å². The summed E-state index contributed by atoms with van der Waals surface area (Å²) in [6.07, 6.45) is 0.192. The smallest absolute Gasteiger partial charge is 0.304 e. The molecule has 1 fully saturated rings. The van der Waals surface area contributed by atoms with E-state index in [4.69, 9.17) is 5.11 Å². The van der Waals surface area contributed by atoms with Gasteiger partial charge in [-0.1, -0.05) is 30.3 Å². The van der Waals surface area contributed by atoms with Crippen molar-refractivity contribution in [2.24, 2.45) is 0 Å². The number of carboxylic acids is 1. The molecule has 0 saturated carbocycles. The Morgan fingerprint density at radius 2 is 2.17 bits per heavy atom. The fourth-order valence-corrected chi connectivity index (χ4v) is 2.38. The number of aliphatic carboxylic acids is 1. The van der Waals surface area contributed by atoms with Crippen molar-refractivity contribution >= 4 is 5.97 Å². The van der Waals surface area contributed by atoms with E-state index >= 15 is 0 Å². The molecule has 1 saturated heterocycles. The predicted molar refractivity (Wildman–Crippen MR) is 70.4 cm³/mol. The van der Waals surface area contributed by atoms with E-state index in [1.165, 1.54) is 5.56 Å². The molecule has 1 aliphatic heterocycles. The topological polar surface area (TPSA) is 52.6 Å². The van der Waals surface area contributed by atoms with Gasteiger partial charge in [-0.3, -0.25) is 9.69 Å². The Labute approximate surface area is 108 Å². The van der Waals surface area contributed by atoms with Crippen molar-refractivity contribution in [3.63, 3.8) is 0 Å². The van der Waals surface area contributed by atoms with E-state index in [1.807, 2.05) is 18.2 Å². The third-order valence-electron chi connectivity index (χ3n) is 3.43. The molecule has 0 bridgehead atoms. The number of carboxylic acid groups (broad SMARTS) is 1. The molecule has 4 heteroatoms. The molecule has 1 aromatic carbocycles. The Hall–Kier alpha value is -1.39. The van der Waals surface area contributed by atoms with Crippen molar-refractivity contribution in [3.8, 4) is 0 Å². The van der Waals surface area contributed by atoms with Crippen LogP contribution >= 0.6 is 0 Å². The van der Waals surface area contributed by atoms with E-state index in [2.05, 4.69) is 29.3 Å². The highest BCUT2D eigenvalue weighted by Crippen LogP contribution is 2.13. The minimum atomic E-state index is -0.735. The van der Waals surface area contributed by atoms with Crippen LogP contribution in [-0.4, -0.2) is 41.1 Å². The second-order valence-electron chi connectivity index (χ2n) is 4.97. The number of hydrogen-bond donors (Lipinski definition) is 2. The molecule has 2 atom stereocenters. The summed E-state index contributed by atoms with van der Waals surface area (Å²) in [4.78, 5) is 13.1. The monoisotopic (exact) mass is 248 g/mol. The maximum atomic E-state index is 10.8. The summed E-state index contributed by atoms with van der Waals surface area (Å²) in [6, 6.07) is 10.8. The maximum Gasteiger partial charge on any atom is 0.304 e. The highest BCUT2D eigenvalue weighted by atomic mass is 16.4. The van der Waals surface area contributed by atoms with Gasteiger partial charge >= 0.3 is 5.97 Å². The van der Waals surface area contributed by atoms with Crippen LogP contribution in [-0.2, 0) is 11.3 Å². The molecule has 18 heavy (non-hydrogen) atoms. The third kappa shape index (κ3) is 3.55. The number of piperazine rings is 1. The van der Waals surface area contributed by atoms with Gasteiger partial charge in [0.05, 0.1) is 6.42 Å². The molecule has 1 aliphatic rings. The van der Waals surface area contributed by atoms with Crippen LogP contribution in [0.25, 0.3) is 0 Å². The van der Waals surface area contributed by atoms with Gasteiger partial charge < -0.3 is 10.4 Å². The van der Waals surface area contributed by atoms with Crippen LogP contribution < -0.4 is 5.32 Å². The van der Waals surface area contributed by atoms with Gasteiger partial charge in [-0.25, -0.2) is 0 Å². The lowest BCUT2D eigenvalue weighted by Gasteiger charge is -2.38. The summed E-state index contributed by atoms with van der Waals surface area (Å²) in [5, 5.41) is 12.1. The minimum Gasteiger partial charge on any atom is -0.481 e. The summed E-state index contributed by atoms with van der Waals surface area (Å²) in [7, 11) is 0. The lowest BCUT2D eigenvalue weighted by Crippen LogP contribution is -2.55. The Bertz CT molecular complexity index is 394. The zero-order valence-corrected chi connectivity index (χ0v) is 10.7. The van der Waals surface area contributed by atoms with Gasteiger partial charge in [-0.05, 0) is 12.5 Å². The Morgan fingerprint density at radius 3 is 2.83 bits per heavy atom. The highest BCUT2D eigenvalue weighted by molar-refractivity contribution is 5.67. The maximum absolute atomic E-state index is 10.8. The molecule has 0 amide bonds. The Kier molecular flexibility index (Phi) is 4.33. The molecule has 0 radical (unpaired) electrons. The number of benzene rings is 1. The molecule has 2 unspecified atom stereocenters. The second-order valence-corrected chi connectivity index (χ2v) is 4.97. The minimum absolute atomic E-state index is 0.0578. The quantitative estimate of drug-likeness (QED) is 0.844. The fourth-order valence-electron chi connectivity index (χ4n) is 2.38. The number of nitrogens with zero attached hydrogens (tertiary/aromatic N) is 1. The van der Waals surface area contributed by atoms with Crippen LogP contribution in [0.1, 0.15) is 18.9 Å². The first-order valence-corrected chi connectivity index (χ1v) is 6.38. The summed E-state index contributed by atoms with van der Waals surface area (Å²) < 4.78 is 0. The lowest BCUT2D eigenvalue weighted by molar-refractivity contribution is -0.138. The lowest BCUT2D eigenvalue weighted by atomic mass is 10.1. The van der Waals surface area contributed by atoms with Crippen LogP contribution in [0.4, 0.5) is 0 Å². The second kappa shape index (κ2) is 5.98. The summed E-state index contributed by atoms with van der Waals surface area (Å²) in [5.41, 5.74) is 1.28. The van der Waals surface area contributed by atoms with Crippen LogP contribution in [0.3, 0.4) is 0 Å². The number of hydrogen-bond acceptors (Lipinski definition) is 3. The first kappa shape index (κ1) is 13.1. The van der Waals surface area contributed by atoms with E-state index < -0.39 is 5.97 Å². The van der Waals surface area contributed by atoms with Crippen molar-refractivity contribution in [2.75, 3.05) is 13.1 Å². The number of rotatable bonds is 4. The van der Waals surface area contributed by atoms with Crippen molar-refractivity contribution in [3.05, 3.63) is 35.9 Å². The van der Waals surface area contributed by atoms with E-state index in [9.17, 15) is 4.79 Å². The van der Waals surface area contributed by atoms with E-state index in [1.54, 1.807) is 0 Å². The van der Waals surface area contributed by atoms with E-state index in [0.717, 1.165) is 19.6 Å². The summed E-state index contributed by atoms with van der Waals surface area (Å²) in [5.74, 6) is -0.735. The molecule has 1 aromatic rings. The van der Waals surface area contributed by atoms with Crippen molar-refractivity contribution in [1.29, 1.82) is 0 Å². The number of nitrogens with one attached hydrogen (secondary N) is 1. The van der Waals surface area contributed by atoms with Crippen molar-refractivity contribution in [1.82, 2.24) is 10.2 Å². The van der Waals surface area contributed by atoms with Gasteiger partial charge in [0.15, 0.2) is 0 Å². The van der Waals surface area contributed by atoms with Crippen molar-refractivity contribution < 1.29 is 9.90 Å². The van der Waals surface area contributed by atoms with Crippen LogP contribution in [0, 0.1) is 0 Å². The fraction of sp³-hybridized carbons (Fsp3) is 0.500. The third-order valence-corrected chi connectivity index (χ3v) is 3.43. The summed E-state index contributed by atoms with van der Waals surface area (Å²) in [6.45, 7) is 4.71. The zero-order valence-electron chi connectivity index (χ0n) is 10.7. The largest absolute Gasteiger partial charge is 0.481 e. The zero-order chi connectivity index (χ0) is 13.0. The molecule has 2 rings (SSSR count). The van der Waals surface area contributed by atoms with Gasteiger partial charge in [0.25, 0.3) is 0 Å². The highest BCUT2D eigenvalue weighted by Gasteiger charge is 2.26. The molecular weight excluding hydrogens is 228 g/mol. The predicted octanol–water partition coefficient (Wildman–Crippen LogP) is 1.32. The van der Waals surface area contributed by atoms with Crippen LogP contribution in [0.2, 0.25) is 0 Å². The van der Waals surface area contributed by atoms with Gasteiger partial charge in [0, 0.05) is 31.7 Å². The first-order valence-electron chi connectivity index (χ1n) is 6.38. The Balaban J connectivity index is 1.95. The van der Waals surface area contributed by atoms with E-state index in [0.29, 0.717) is 6.04 Å². The van der Waals surface area contributed by atoms with Gasteiger partial charge in [-0.15, -0.1) is 0 Å². The van der Waals surface area contributed by atoms with Gasteiger partial charge in [0.2, 0.25) is 0 Å². The first-order chi connectivity index (χ1) is 8.65. The summed E-state index contributed by atoms with van der Waals surface area (Å²) >= 11 is 0. The molecule has 0 aromatic heterocycles. The average molecular weight is 248 g/mol. The van der Waals surface area contributed by atoms with Crippen molar-refractivity contribution in [2.45, 2.75) is 32.0 Å². The molecule has 4 nitrogen and oxygen atoms in total. The van der Waals surface area contributed by atoms with Gasteiger partial charge in [0.1, 0.15) is 0 Å².